The average Bonchev–Trinajstić information content (AvgIpc) is 3.70. The zero-order chi connectivity index (χ0) is 28.8. The summed E-state index contributed by atoms with van der Waals surface area (Å²) in [7, 11) is 0. The van der Waals surface area contributed by atoms with Gasteiger partial charge in [-0.05, 0) is 62.1 Å². The third-order valence-electron chi connectivity index (χ3n) is 8.22. The van der Waals surface area contributed by atoms with Crippen LogP contribution >= 0.6 is 0 Å². The van der Waals surface area contributed by atoms with Crippen LogP contribution in [0.1, 0.15) is 43.7 Å². The molecule has 1 saturated carbocycles. The van der Waals surface area contributed by atoms with E-state index in [1.165, 1.54) is 25.0 Å². The topological polar surface area (TPSA) is 81.8 Å². The van der Waals surface area contributed by atoms with Gasteiger partial charge >= 0.3 is 6.18 Å². The third-order valence-corrected chi connectivity index (χ3v) is 8.22. The quantitative estimate of drug-likeness (QED) is 0.429. The molecule has 1 saturated heterocycles. The Morgan fingerprint density at radius 1 is 1.02 bits per heavy atom. The van der Waals surface area contributed by atoms with E-state index in [1.54, 1.807) is 41.6 Å². The Labute approximate surface area is 236 Å². The number of aliphatic hydroxyl groups is 1. The van der Waals surface area contributed by atoms with E-state index in [0.717, 1.165) is 57.4 Å². The fraction of sp³-hybridized carbons (Fsp3) is 0.433. The first-order chi connectivity index (χ1) is 19.6. The summed E-state index contributed by atoms with van der Waals surface area (Å²) in [5.74, 6) is 1.45. The van der Waals surface area contributed by atoms with E-state index < -0.39 is 17.8 Å². The van der Waals surface area contributed by atoms with Crippen LogP contribution in [0, 0.1) is 0 Å². The molecule has 2 aliphatic heterocycles. The molecule has 41 heavy (non-hydrogen) atoms. The van der Waals surface area contributed by atoms with Gasteiger partial charge < -0.3 is 19.4 Å². The Hall–Kier alpha value is -3.70. The summed E-state index contributed by atoms with van der Waals surface area (Å²) in [6.45, 7) is 6.77. The van der Waals surface area contributed by atoms with Crippen molar-refractivity contribution >= 4 is 11.4 Å². The third kappa shape index (κ3) is 5.73. The number of aliphatic hydroxyl groups excluding tert-OH is 1. The minimum atomic E-state index is -4.37. The van der Waals surface area contributed by atoms with Crippen LogP contribution in [-0.2, 0) is 12.0 Å². The standard InChI is InChI=1S/C30H33F3N6O2/c1-29(2,30(31,32)33)23-6-3-21(4-7-23)27-35-28(41-36-27)22-5-10-26(40)39(19-22)18-20-11-12-34-25(17-20)38-15-13-37(14-16-38)24-8-9-24/h3-7,10-12,17,19,24,26,40H,8-9,13-16,18H2,1-2H3. The van der Waals surface area contributed by atoms with Gasteiger partial charge in [0.05, 0.1) is 11.0 Å². The molecule has 0 amide bonds. The zero-order valence-electron chi connectivity index (χ0n) is 23.1. The molecular formula is C30H33F3N6O2. The molecule has 0 spiro atoms. The number of alkyl halides is 3. The first-order valence-corrected chi connectivity index (χ1v) is 13.9. The van der Waals surface area contributed by atoms with Gasteiger partial charge in [-0.15, -0.1) is 0 Å². The molecule has 2 fully saturated rings. The van der Waals surface area contributed by atoms with Crippen LogP contribution in [0.15, 0.2) is 65.5 Å². The molecule has 11 heteroatoms. The first kappa shape index (κ1) is 27.5. The smallest absolute Gasteiger partial charge is 0.370 e. The Morgan fingerprint density at radius 2 is 1.76 bits per heavy atom. The van der Waals surface area contributed by atoms with Crippen molar-refractivity contribution in [1.29, 1.82) is 0 Å². The van der Waals surface area contributed by atoms with E-state index in [1.807, 2.05) is 6.07 Å². The summed E-state index contributed by atoms with van der Waals surface area (Å²) in [6, 6.07) is 10.8. The highest BCUT2D eigenvalue weighted by molar-refractivity contribution is 5.70. The fourth-order valence-corrected chi connectivity index (χ4v) is 5.22. The van der Waals surface area contributed by atoms with Gasteiger partial charge in [0.1, 0.15) is 12.0 Å². The van der Waals surface area contributed by atoms with E-state index in [-0.39, 0.29) is 17.3 Å². The first-order valence-electron chi connectivity index (χ1n) is 13.9. The Balaban J connectivity index is 1.14. The zero-order valence-corrected chi connectivity index (χ0v) is 23.1. The Morgan fingerprint density at radius 3 is 2.44 bits per heavy atom. The number of halogens is 3. The molecule has 216 valence electrons. The molecule has 1 N–H and O–H groups in total. The summed E-state index contributed by atoms with van der Waals surface area (Å²) in [6.07, 6.45) is 4.37. The summed E-state index contributed by atoms with van der Waals surface area (Å²) in [4.78, 5) is 15.7. The van der Waals surface area contributed by atoms with Crippen LogP contribution in [0.2, 0.25) is 0 Å². The van der Waals surface area contributed by atoms with Crippen molar-refractivity contribution in [2.24, 2.45) is 0 Å². The molecule has 1 aliphatic carbocycles. The summed E-state index contributed by atoms with van der Waals surface area (Å²) in [5.41, 5.74) is 0.351. The molecule has 0 radical (unpaired) electrons. The van der Waals surface area contributed by atoms with Crippen molar-refractivity contribution in [1.82, 2.24) is 24.9 Å². The maximum Gasteiger partial charge on any atom is 0.397 e. The number of allylic oxidation sites excluding steroid dienone is 2. The number of anilines is 1. The average molecular weight is 567 g/mol. The maximum atomic E-state index is 13.4. The van der Waals surface area contributed by atoms with Crippen LogP contribution in [-0.4, -0.2) is 74.7 Å². The van der Waals surface area contributed by atoms with Crippen LogP contribution in [0.25, 0.3) is 17.0 Å². The SMILES string of the molecule is CC(C)(c1ccc(-c2noc(C3=CN(Cc4ccnc(N5CCN(C6CC6)CC5)c4)C(O)C=C3)n2)cc1)C(F)(F)F. The van der Waals surface area contributed by atoms with Crippen LogP contribution < -0.4 is 4.90 Å². The Kier molecular flexibility index (Phi) is 7.11. The van der Waals surface area contributed by atoms with Gasteiger partial charge in [0, 0.05) is 56.7 Å². The van der Waals surface area contributed by atoms with Gasteiger partial charge in [-0.25, -0.2) is 4.98 Å². The molecule has 1 atom stereocenters. The normalized spacial score (nSPS) is 20.4. The molecule has 4 heterocycles. The lowest BCUT2D eigenvalue weighted by molar-refractivity contribution is -0.180. The van der Waals surface area contributed by atoms with Crippen LogP contribution in [0.5, 0.6) is 0 Å². The largest absolute Gasteiger partial charge is 0.397 e. The van der Waals surface area contributed by atoms with Crippen molar-refractivity contribution in [3.8, 4) is 11.4 Å². The van der Waals surface area contributed by atoms with E-state index in [4.69, 9.17) is 4.52 Å². The maximum absolute atomic E-state index is 13.4. The Bertz CT molecular complexity index is 1440. The lowest BCUT2D eigenvalue weighted by Gasteiger charge is -2.35. The lowest BCUT2D eigenvalue weighted by atomic mass is 9.83. The molecule has 3 aliphatic rings. The van der Waals surface area contributed by atoms with Crippen molar-refractivity contribution in [2.45, 2.75) is 57.1 Å². The molecular weight excluding hydrogens is 533 g/mol. The van der Waals surface area contributed by atoms with Crippen molar-refractivity contribution < 1.29 is 22.8 Å². The predicted molar refractivity (Wildman–Crippen MR) is 149 cm³/mol. The van der Waals surface area contributed by atoms with E-state index in [2.05, 4.69) is 31.0 Å². The number of aromatic nitrogens is 3. The number of pyridine rings is 1. The predicted octanol–water partition coefficient (Wildman–Crippen LogP) is 4.99. The van der Waals surface area contributed by atoms with Crippen molar-refractivity contribution in [2.75, 3.05) is 31.1 Å². The molecule has 8 nitrogen and oxygen atoms in total. The highest BCUT2D eigenvalue weighted by atomic mass is 19.4. The number of benzene rings is 1. The molecule has 1 aromatic carbocycles. The second-order valence-corrected chi connectivity index (χ2v) is 11.4. The minimum absolute atomic E-state index is 0.153. The number of hydrogen-bond donors (Lipinski definition) is 1. The van der Waals surface area contributed by atoms with Crippen molar-refractivity contribution in [3.05, 3.63) is 78.0 Å². The monoisotopic (exact) mass is 566 g/mol. The van der Waals surface area contributed by atoms with Crippen molar-refractivity contribution in [3.63, 3.8) is 0 Å². The molecule has 6 rings (SSSR count). The van der Waals surface area contributed by atoms with E-state index in [9.17, 15) is 18.3 Å². The van der Waals surface area contributed by atoms with Gasteiger partial charge in [-0.2, -0.15) is 18.2 Å². The minimum Gasteiger partial charge on any atom is -0.370 e. The number of piperazine rings is 1. The summed E-state index contributed by atoms with van der Waals surface area (Å²) < 4.78 is 45.7. The highest BCUT2D eigenvalue weighted by Crippen LogP contribution is 2.40. The van der Waals surface area contributed by atoms with Gasteiger partial charge in [-0.1, -0.05) is 29.4 Å². The second kappa shape index (κ2) is 10.6. The summed E-state index contributed by atoms with van der Waals surface area (Å²) >= 11 is 0. The molecule has 3 aromatic rings. The lowest BCUT2D eigenvalue weighted by Crippen LogP contribution is -2.47. The second-order valence-electron chi connectivity index (χ2n) is 11.4. The summed E-state index contributed by atoms with van der Waals surface area (Å²) in [5, 5.41) is 14.7. The van der Waals surface area contributed by atoms with Gasteiger partial charge in [0.15, 0.2) is 0 Å². The number of nitrogens with zero attached hydrogens (tertiary/aromatic N) is 6. The molecule has 1 unspecified atom stereocenters. The van der Waals surface area contributed by atoms with E-state index in [0.29, 0.717) is 17.7 Å². The van der Waals surface area contributed by atoms with Gasteiger partial charge in [0.25, 0.3) is 5.89 Å². The van der Waals surface area contributed by atoms with Crippen LogP contribution in [0.3, 0.4) is 0 Å². The van der Waals surface area contributed by atoms with Gasteiger partial charge in [0.2, 0.25) is 5.82 Å². The fourth-order valence-electron chi connectivity index (χ4n) is 5.22. The highest BCUT2D eigenvalue weighted by Gasteiger charge is 2.48. The number of hydrogen-bond acceptors (Lipinski definition) is 8. The van der Waals surface area contributed by atoms with E-state index >= 15 is 0 Å². The number of rotatable bonds is 7. The van der Waals surface area contributed by atoms with Crippen LogP contribution in [0.4, 0.5) is 19.0 Å². The molecule has 0 bridgehead atoms. The van der Waals surface area contributed by atoms with Gasteiger partial charge in [-0.3, -0.25) is 4.90 Å². The molecule has 2 aromatic heterocycles.